The van der Waals surface area contributed by atoms with Crippen LogP contribution in [0.25, 0.3) is 5.69 Å². The number of hydrazone groups is 1. The minimum Gasteiger partial charge on any atom is -0.484 e. The van der Waals surface area contributed by atoms with Crippen LogP contribution in [0, 0.1) is 24.3 Å². The summed E-state index contributed by atoms with van der Waals surface area (Å²) < 4.78 is 8.99. The Morgan fingerprint density at radius 1 is 1.13 bits per heavy atom. The van der Waals surface area contributed by atoms with Crippen molar-refractivity contribution in [2.45, 2.75) is 34.1 Å². The molecule has 0 aliphatic rings. The van der Waals surface area contributed by atoms with Gasteiger partial charge in [-0.1, -0.05) is 13.0 Å². The second-order valence-corrected chi connectivity index (χ2v) is 8.47. The number of rotatable bonds is 7. The lowest BCUT2D eigenvalue weighted by atomic mass is 10.1. The highest BCUT2D eigenvalue weighted by atomic mass is 127. The zero-order valence-corrected chi connectivity index (χ0v) is 19.9. The van der Waals surface area contributed by atoms with Crippen LogP contribution in [0.4, 0.5) is 0 Å². The fourth-order valence-electron chi connectivity index (χ4n) is 3.37. The minimum atomic E-state index is -0.294. The number of ether oxygens (including phenoxy) is 1. The molecule has 0 aliphatic heterocycles. The van der Waals surface area contributed by atoms with E-state index in [4.69, 9.17) is 4.74 Å². The van der Waals surface area contributed by atoms with E-state index in [-0.39, 0.29) is 12.5 Å². The van der Waals surface area contributed by atoms with E-state index in [1.807, 2.05) is 26.0 Å². The molecule has 0 saturated heterocycles. The number of hydrogen-bond donors (Lipinski definition) is 1. The Hall–Kier alpha value is -2.61. The van der Waals surface area contributed by atoms with Crippen molar-refractivity contribution >= 4 is 34.7 Å². The zero-order chi connectivity index (χ0) is 21.7. The van der Waals surface area contributed by atoms with Gasteiger partial charge in [-0.15, -0.1) is 0 Å². The number of benzene rings is 2. The molecule has 0 fully saturated rings. The van der Waals surface area contributed by atoms with Crippen LogP contribution in [0.15, 0.2) is 53.6 Å². The Morgan fingerprint density at radius 3 is 2.57 bits per heavy atom. The van der Waals surface area contributed by atoms with Crippen molar-refractivity contribution in [1.29, 1.82) is 0 Å². The maximum atomic E-state index is 12.1. The van der Waals surface area contributed by atoms with Crippen molar-refractivity contribution in [2.24, 2.45) is 5.10 Å². The first-order valence-corrected chi connectivity index (χ1v) is 11.0. The summed E-state index contributed by atoms with van der Waals surface area (Å²) in [7, 11) is 0. The van der Waals surface area contributed by atoms with Gasteiger partial charge in [0, 0.05) is 26.2 Å². The van der Waals surface area contributed by atoms with Gasteiger partial charge >= 0.3 is 0 Å². The summed E-state index contributed by atoms with van der Waals surface area (Å²) in [6, 6.07) is 16.4. The molecule has 1 aromatic heterocycles. The van der Waals surface area contributed by atoms with Crippen LogP contribution < -0.4 is 10.2 Å². The topological polar surface area (TPSA) is 55.6 Å². The van der Waals surface area contributed by atoms with E-state index in [0.717, 1.165) is 34.6 Å². The Labute approximate surface area is 191 Å². The summed E-state index contributed by atoms with van der Waals surface area (Å²) in [5.41, 5.74) is 9.08. The second-order valence-electron chi connectivity index (χ2n) is 7.23. The number of hydrogen-bond acceptors (Lipinski definition) is 3. The van der Waals surface area contributed by atoms with Crippen LogP contribution in [-0.4, -0.2) is 23.3 Å². The third-order valence-corrected chi connectivity index (χ3v) is 5.56. The Bertz CT molecular complexity index is 1070. The number of aryl methyl sites for hydroxylation is 3. The normalized spacial score (nSPS) is 11.1. The molecular formula is C24H26IN3O2. The molecule has 1 amide bonds. The van der Waals surface area contributed by atoms with Crippen molar-refractivity contribution in [3.63, 3.8) is 0 Å². The summed E-state index contributed by atoms with van der Waals surface area (Å²) in [6.07, 6.45) is 2.60. The van der Waals surface area contributed by atoms with E-state index < -0.39 is 0 Å². The van der Waals surface area contributed by atoms with E-state index in [0.29, 0.717) is 5.75 Å². The summed E-state index contributed by atoms with van der Waals surface area (Å²) in [5.74, 6) is 0.407. The van der Waals surface area contributed by atoms with Gasteiger partial charge in [0.15, 0.2) is 6.61 Å². The lowest BCUT2D eigenvalue weighted by molar-refractivity contribution is -0.123. The molecular weight excluding hydrogens is 489 g/mol. The Morgan fingerprint density at radius 2 is 1.87 bits per heavy atom. The van der Waals surface area contributed by atoms with E-state index in [1.165, 1.54) is 9.13 Å². The van der Waals surface area contributed by atoms with Crippen LogP contribution in [0.5, 0.6) is 5.75 Å². The highest BCUT2D eigenvalue weighted by Crippen LogP contribution is 2.21. The van der Waals surface area contributed by atoms with Gasteiger partial charge in [0.1, 0.15) is 5.75 Å². The SMILES string of the molecule is CCc1cc(C)cc(OCC(=O)N/N=C/c2cc(C)n(-c3ccc(I)cc3)c2C)c1. The lowest BCUT2D eigenvalue weighted by Gasteiger charge is -2.09. The number of amides is 1. The number of carbonyl (C=O) groups is 1. The molecule has 156 valence electrons. The molecule has 1 heterocycles. The van der Waals surface area contributed by atoms with E-state index in [2.05, 4.69) is 87.9 Å². The van der Waals surface area contributed by atoms with Crippen LogP contribution in [-0.2, 0) is 11.2 Å². The maximum absolute atomic E-state index is 12.1. The van der Waals surface area contributed by atoms with Crippen molar-refractivity contribution in [3.05, 3.63) is 80.2 Å². The average Bonchev–Trinajstić information content (AvgIpc) is 3.00. The predicted octanol–water partition coefficient (Wildman–Crippen LogP) is 5.10. The smallest absolute Gasteiger partial charge is 0.277 e. The number of halogens is 1. The molecule has 1 N–H and O–H groups in total. The van der Waals surface area contributed by atoms with Crippen LogP contribution in [0.3, 0.4) is 0 Å². The summed E-state index contributed by atoms with van der Waals surface area (Å²) in [5, 5.41) is 4.11. The zero-order valence-electron chi connectivity index (χ0n) is 17.7. The van der Waals surface area contributed by atoms with Gasteiger partial charge in [0.25, 0.3) is 5.91 Å². The number of nitrogens with zero attached hydrogens (tertiary/aromatic N) is 2. The molecule has 6 heteroatoms. The lowest BCUT2D eigenvalue weighted by Crippen LogP contribution is -2.24. The quantitative estimate of drug-likeness (QED) is 0.271. The van der Waals surface area contributed by atoms with Gasteiger partial charge < -0.3 is 9.30 Å². The minimum absolute atomic E-state index is 0.0778. The molecule has 0 bridgehead atoms. The van der Waals surface area contributed by atoms with E-state index >= 15 is 0 Å². The predicted molar refractivity (Wildman–Crippen MR) is 130 cm³/mol. The second kappa shape index (κ2) is 9.93. The largest absolute Gasteiger partial charge is 0.484 e. The molecule has 0 spiro atoms. The number of nitrogens with one attached hydrogen (secondary N) is 1. The summed E-state index contributed by atoms with van der Waals surface area (Å²) >= 11 is 2.30. The Balaban J connectivity index is 1.61. The van der Waals surface area contributed by atoms with Crippen molar-refractivity contribution in [2.75, 3.05) is 6.61 Å². The molecule has 0 aliphatic carbocycles. The van der Waals surface area contributed by atoms with Crippen LogP contribution in [0.2, 0.25) is 0 Å². The summed E-state index contributed by atoms with van der Waals surface area (Å²) in [6.45, 7) is 8.13. The number of aromatic nitrogens is 1. The van der Waals surface area contributed by atoms with Crippen LogP contribution in [0.1, 0.15) is 35.0 Å². The summed E-state index contributed by atoms with van der Waals surface area (Å²) in [4.78, 5) is 12.1. The molecule has 3 aromatic rings. The van der Waals surface area contributed by atoms with E-state index in [9.17, 15) is 4.79 Å². The standard InChI is InChI=1S/C24H26IN3O2/c1-5-19-10-16(2)11-23(13-19)30-15-24(29)27-26-14-20-12-17(3)28(18(20)4)22-8-6-21(25)7-9-22/h6-14H,5,15H2,1-4H3,(H,27,29)/b26-14+. The molecule has 30 heavy (non-hydrogen) atoms. The highest BCUT2D eigenvalue weighted by molar-refractivity contribution is 14.1. The van der Waals surface area contributed by atoms with Gasteiger partial charge in [-0.25, -0.2) is 5.43 Å². The average molecular weight is 515 g/mol. The van der Waals surface area contributed by atoms with Crippen molar-refractivity contribution in [1.82, 2.24) is 9.99 Å². The third kappa shape index (κ3) is 5.50. The fraction of sp³-hybridized carbons (Fsp3) is 0.250. The molecule has 2 aromatic carbocycles. The monoisotopic (exact) mass is 515 g/mol. The Kier molecular flexibility index (Phi) is 7.31. The van der Waals surface area contributed by atoms with Crippen molar-refractivity contribution < 1.29 is 9.53 Å². The molecule has 3 rings (SSSR count). The molecule has 0 radical (unpaired) electrons. The molecule has 0 saturated carbocycles. The van der Waals surface area contributed by atoms with Crippen LogP contribution >= 0.6 is 22.6 Å². The first kappa shape index (κ1) is 22.1. The van der Waals surface area contributed by atoms with Gasteiger partial charge in [-0.05, 0) is 103 Å². The third-order valence-electron chi connectivity index (χ3n) is 4.84. The molecule has 5 nitrogen and oxygen atoms in total. The van der Waals surface area contributed by atoms with Gasteiger partial charge in [-0.3, -0.25) is 4.79 Å². The highest BCUT2D eigenvalue weighted by Gasteiger charge is 2.10. The molecule has 0 unspecified atom stereocenters. The number of carbonyl (C=O) groups excluding carboxylic acids is 1. The van der Waals surface area contributed by atoms with Gasteiger partial charge in [0.2, 0.25) is 0 Å². The molecule has 0 atom stereocenters. The maximum Gasteiger partial charge on any atom is 0.277 e. The van der Waals surface area contributed by atoms with Gasteiger partial charge in [-0.2, -0.15) is 5.10 Å². The fourth-order valence-corrected chi connectivity index (χ4v) is 3.73. The first-order chi connectivity index (χ1) is 14.4. The van der Waals surface area contributed by atoms with Gasteiger partial charge in [0.05, 0.1) is 6.21 Å². The van der Waals surface area contributed by atoms with E-state index in [1.54, 1.807) is 6.21 Å². The first-order valence-electron chi connectivity index (χ1n) is 9.87. The van der Waals surface area contributed by atoms with Crippen molar-refractivity contribution in [3.8, 4) is 11.4 Å².